The Morgan fingerprint density at radius 2 is 1.89 bits per heavy atom. The summed E-state index contributed by atoms with van der Waals surface area (Å²) in [6.07, 6.45) is -0.870. The third kappa shape index (κ3) is 2.75. The van der Waals surface area contributed by atoms with Gasteiger partial charge in [-0.05, 0) is 25.0 Å². The fraction of sp³-hybridized carbons (Fsp3) is 0.500. The highest BCUT2D eigenvalue weighted by Gasteiger charge is 2.33. The van der Waals surface area contributed by atoms with Crippen LogP contribution in [0.3, 0.4) is 0 Å². The lowest BCUT2D eigenvalue weighted by molar-refractivity contribution is -0.133. The van der Waals surface area contributed by atoms with Crippen molar-refractivity contribution in [1.82, 2.24) is 5.32 Å². The van der Waals surface area contributed by atoms with Crippen LogP contribution in [0.2, 0.25) is 0 Å². The molecule has 0 radical (unpaired) electrons. The van der Waals surface area contributed by atoms with Crippen LogP contribution in [-0.2, 0) is 4.79 Å². The molecule has 4 heteroatoms. The highest BCUT2D eigenvalue weighted by atomic mass is 16.6. The number of ether oxygens (including phenoxy) is 2. The van der Waals surface area contributed by atoms with Crippen molar-refractivity contribution in [1.29, 1.82) is 0 Å². The van der Waals surface area contributed by atoms with Gasteiger partial charge in [-0.1, -0.05) is 26.0 Å². The van der Waals surface area contributed by atoms with Crippen LogP contribution in [0.1, 0.15) is 20.8 Å². The SMILES string of the molecule is CC(C)CNC(=O)C1Oc2ccccc2OC1C. The predicted octanol–water partition coefficient (Wildman–Crippen LogP) is 1.99. The van der Waals surface area contributed by atoms with Crippen LogP contribution in [0, 0.1) is 5.92 Å². The third-order valence-electron chi connectivity index (χ3n) is 2.79. The molecule has 1 heterocycles. The molecule has 18 heavy (non-hydrogen) atoms. The minimum Gasteiger partial charge on any atom is -0.482 e. The van der Waals surface area contributed by atoms with Crippen LogP contribution in [0.5, 0.6) is 11.5 Å². The molecule has 1 N–H and O–H groups in total. The molecule has 1 aromatic rings. The molecule has 0 aliphatic carbocycles. The van der Waals surface area contributed by atoms with E-state index in [1.807, 2.05) is 31.2 Å². The molecule has 0 saturated heterocycles. The monoisotopic (exact) mass is 249 g/mol. The van der Waals surface area contributed by atoms with Gasteiger partial charge in [0.05, 0.1) is 0 Å². The first kappa shape index (κ1) is 12.7. The first-order chi connectivity index (χ1) is 8.58. The smallest absolute Gasteiger partial charge is 0.265 e. The van der Waals surface area contributed by atoms with Crippen molar-refractivity contribution in [3.8, 4) is 11.5 Å². The van der Waals surface area contributed by atoms with E-state index < -0.39 is 6.10 Å². The average Bonchev–Trinajstić information content (AvgIpc) is 2.35. The van der Waals surface area contributed by atoms with Crippen LogP contribution in [-0.4, -0.2) is 24.7 Å². The second-order valence-electron chi connectivity index (χ2n) is 4.95. The normalized spacial score (nSPS) is 21.8. The van der Waals surface area contributed by atoms with Gasteiger partial charge < -0.3 is 14.8 Å². The molecule has 2 atom stereocenters. The maximum Gasteiger partial charge on any atom is 0.265 e. The van der Waals surface area contributed by atoms with E-state index in [1.54, 1.807) is 0 Å². The molecule has 0 spiro atoms. The summed E-state index contributed by atoms with van der Waals surface area (Å²) in [5.41, 5.74) is 0. The van der Waals surface area contributed by atoms with Crippen molar-refractivity contribution in [3.05, 3.63) is 24.3 Å². The number of benzene rings is 1. The van der Waals surface area contributed by atoms with Gasteiger partial charge in [0.25, 0.3) is 5.91 Å². The zero-order chi connectivity index (χ0) is 13.1. The Hall–Kier alpha value is -1.71. The maximum absolute atomic E-state index is 12.0. The number of rotatable bonds is 3. The fourth-order valence-corrected chi connectivity index (χ4v) is 1.81. The van der Waals surface area contributed by atoms with Crippen LogP contribution in [0.15, 0.2) is 24.3 Å². The second-order valence-corrected chi connectivity index (χ2v) is 4.95. The maximum atomic E-state index is 12.0. The lowest BCUT2D eigenvalue weighted by Crippen LogP contribution is -2.49. The molecule has 1 amide bonds. The number of nitrogens with one attached hydrogen (secondary N) is 1. The summed E-state index contributed by atoms with van der Waals surface area (Å²) in [5.74, 6) is 1.62. The Balaban J connectivity index is 2.05. The number of fused-ring (bicyclic) bond motifs is 1. The summed E-state index contributed by atoms with van der Waals surface area (Å²) in [6.45, 7) is 6.59. The Labute approximate surface area is 107 Å². The van der Waals surface area contributed by atoms with Gasteiger partial charge in [0, 0.05) is 6.54 Å². The van der Waals surface area contributed by atoms with E-state index in [4.69, 9.17) is 9.47 Å². The van der Waals surface area contributed by atoms with Crippen LogP contribution >= 0.6 is 0 Å². The number of carbonyl (C=O) groups is 1. The first-order valence-electron chi connectivity index (χ1n) is 6.28. The van der Waals surface area contributed by atoms with Gasteiger partial charge in [0.2, 0.25) is 6.10 Å². The second kappa shape index (κ2) is 5.29. The van der Waals surface area contributed by atoms with Crippen molar-refractivity contribution >= 4 is 5.91 Å². The van der Waals surface area contributed by atoms with E-state index >= 15 is 0 Å². The molecule has 0 aromatic heterocycles. The Kier molecular flexibility index (Phi) is 3.75. The molecular formula is C14H19NO3. The topological polar surface area (TPSA) is 47.6 Å². The van der Waals surface area contributed by atoms with Gasteiger partial charge in [0.15, 0.2) is 11.5 Å². The van der Waals surface area contributed by atoms with Crippen molar-refractivity contribution in [2.75, 3.05) is 6.54 Å². The molecular weight excluding hydrogens is 230 g/mol. The number of hydrogen-bond acceptors (Lipinski definition) is 3. The summed E-state index contributed by atoms with van der Waals surface area (Å²) in [6, 6.07) is 7.40. The van der Waals surface area contributed by atoms with Gasteiger partial charge >= 0.3 is 0 Å². The summed E-state index contributed by atoms with van der Waals surface area (Å²) in [7, 11) is 0. The summed E-state index contributed by atoms with van der Waals surface area (Å²) in [4.78, 5) is 12.0. The van der Waals surface area contributed by atoms with Gasteiger partial charge in [-0.25, -0.2) is 0 Å². The minimum atomic E-state index is -0.585. The quantitative estimate of drug-likeness (QED) is 0.891. The van der Waals surface area contributed by atoms with Crippen molar-refractivity contribution in [2.45, 2.75) is 33.0 Å². The van der Waals surface area contributed by atoms with Crippen LogP contribution < -0.4 is 14.8 Å². The minimum absolute atomic E-state index is 0.120. The molecule has 0 saturated carbocycles. The summed E-state index contributed by atoms with van der Waals surface area (Å²) >= 11 is 0. The molecule has 1 aliphatic rings. The number of carbonyl (C=O) groups excluding carboxylic acids is 1. The summed E-state index contributed by atoms with van der Waals surface area (Å²) in [5, 5.41) is 2.87. The highest BCUT2D eigenvalue weighted by molar-refractivity contribution is 5.82. The largest absolute Gasteiger partial charge is 0.482 e. The standard InChI is InChI=1S/C14H19NO3/c1-9(2)8-15-14(16)13-10(3)17-11-6-4-5-7-12(11)18-13/h4-7,9-10,13H,8H2,1-3H3,(H,15,16). The van der Waals surface area contributed by atoms with E-state index in [2.05, 4.69) is 19.2 Å². The fourth-order valence-electron chi connectivity index (χ4n) is 1.81. The zero-order valence-corrected chi connectivity index (χ0v) is 11.0. The average molecular weight is 249 g/mol. The molecule has 1 aliphatic heterocycles. The van der Waals surface area contributed by atoms with Gasteiger partial charge in [0.1, 0.15) is 6.10 Å². The number of para-hydroxylation sites is 2. The number of amides is 1. The Morgan fingerprint density at radius 3 is 2.50 bits per heavy atom. The Morgan fingerprint density at radius 1 is 1.28 bits per heavy atom. The lowest BCUT2D eigenvalue weighted by Gasteiger charge is -2.31. The van der Waals surface area contributed by atoms with E-state index in [0.717, 1.165) is 0 Å². The molecule has 0 bridgehead atoms. The number of hydrogen-bond donors (Lipinski definition) is 1. The molecule has 1 aromatic carbocycles. The molecule has 4 nitrogen and oxygen atoms in total. The third-order valence-corrected chi connectivity index (χ3v) is 2.79. The van der Waals surface area contributed by atoms with Crippen LogP contribution in [0.4, 0.5) is 0 Å². The van der Waals surface area contributed by atoms with E-state index in [0.29, 0.717) is 24.0 Å². The van der Waals surface area contributed by atoms with E-state index in [1.165, 1.54) is 0 Å². The molecule has 2 unspecified atom stereocenters. The first-order valence-corrected chi connectivity index (χ1v) is 6.28. The van der Waals surface area contributed by atoms with Crippen molar-refractivity contribution < 1.29 is 14.3 Å². The van der Waals surface area contributed by atoms with E-state index in [-0.39, 0.29) is 12.0 Å². The summed E-state index contributed by atoms with van der Waals surface area (Å²) < 4.78 is 11.4. The Bertz CT molecular complexity index is 431. The molecule has 2 rings (SSSR count). The molecule has 98 valence electrons. The van der Waals surface area contributed by atoms with Gasteiger partial charge in [-0.2, -0.15) is 0 Å². The molecule has 0 fully saturated rings. The highest BCUT2D eigenvalue weighted by Crippen LogP contribution is 2.33. The zero-order valence-electron chi connectivity index (χ0n) is 11.0. The van der Waals surface area contributed by atoms with Gasteiger partial charge in [-0.3, -0.25) is 4.79 Å². The van der Waals surface area contributed by atoms with Crippen molar-refractivity contribution in [3.63, 3.8) is 0 Å². The van der Waals surface area contributed by atoms with Crippen molar-refractivity contribution in [2.24, 2.45) is 5.92 Å². The van der Waals surface area contributed by atoms with Crippen LogP contribution in [0.25, 0.3) is 0 Å². The predicted molar refractivity (Wildman–Crippen MR) is 68.8 cm³/mol. The van der Waals surface area contributed by atoms with E-state index in [9.17, 15) is 4.79 Å². The van der Waals surface area contributed by atoms with Gasteiger partial charge in [-0.15, -0.1) is 0 Å². The lowest BCUT2D eigenvalue weighted by atomic mass is 10.1.